The number of carbonyl (C=O) groups excluding carboxylic acids is 2. The summed E-state index contributed by atoms with van der Waals surface area (Å²) in [6.07, 6.45) is 2.34. The van der Waals surface area contributed by atoms with Crippen LogP contribution < -0.4 is 14.2 Å². The van der Waals surface area contributed by atoms with E-state index in [1.807, 2.05) is 0 Å². The standard InChI is InChI=1S/C16H15NO6/c1-21-12-3-4-15(22-2)13(9-12)14(18)10-23-16(19)11-5-7-17(20)8-6-11/h3-9H,10H2,1-2H3. The predicted molar refractivity (Wildman–Crippen MR) is 79.6 cm³/mol. The molecule has 2 rings (SSSR count). The summed E-state index contributed by atoms with van der Waals surface area (Å²) in [6, 6.07) is 7.39. The van der Waals surface area contributed by atoms with Crippen LogP contribution in [0.1, 0.15) is 20.7 Å². The van der Waals surface area contributed by atoms with Crippen LogP contribution in [0.2, 0.25) is 0 Å². The van der Waals surface area contributed by atoms with Crippen LogP contribution in [0.25, 0.3) is 0 Å². The van der Waals surface area contributed by atoms with Gasteiger partial charge in [0.2, 0.25) is 5.78 Å². The summed E-state index contributed by atoms with van der Waals surface area (Å²) >= 11 is 0. The molecular weight excluding hydrogens is 302 g/mol. The molecule has 0 unspecified atom stereocenters. The Morgan fingerprint density at radius 1 is 1.09 bits per heavy atom. The zero-order valence-electron chi connectivity index (χ0n) is 12.6. The first kappa shape index (κ1) is 16.3. The molecule has 0 atom stereocenters. The van der Waals surface area contributed by atoms with Crippen LogP contribution in [0.15, 0.2) is 42.7 Å². The van der Waals surface area contributed by atoms with Gasteiger partial charge in [-0.2, -0.15) is 4.73 Å². The second-order valence-electron chi connectivity index (χ2n) is 4.51. The van der Waals surface area contributed by atoms with Gasteiger partial charge in [-0.25, -0.2) is 4.79 Å². The van der Waals surface area contributed by atoms with E-state index < -0.39 is 18.4 Å². The highest BCUT2D eigenvalue weighted by Crippen LogP contribution is 2.24. The predicted octanol–water partition coefficient (Wildman–Crippen LogP) is 1.38. The number of rotatable bonds is 6. The number of hydrogen-bond donors (Lipinski definition) is 0. The van der Waals surface area contributed by atoms with Crippen LogP contribution in [0.3, 0.4) is 0 Å². The van der Waals surface area contributed by atoms with Gasteiger partial charge in [0.1, 0.15) is 11.5 Å². The molecule has 7 nitrogen and oxygen atoms in total. The van der Waals surface area contributed by atoms with Gasteiger partial charge in [0, 0.05) is 12.1 Å². The van der Waals surface area contributed by atoms with Crippen LogP contribution in [0.5, 0.6) is 11.5 Å². The summed E-state index contributed by atoms with van der Waals surface area (Å²) in [5.41, 5.74) is 0.438. The molecule has 23 heavy (non-hydrogen) atoms. The van der Waals surface area contributed by atoms with E-state index in [9.17, 15) is 14.8 Å². The molecule has 0 aliphatic rings. The van der Waals surface area contributed by atoms with Gasteiger partial charge in [-0.05, 0) is 18.2 Å². The second-order valence-corrected chi connectivity index (χ2v) is 4.51. The van der Waals surface area contributed by atoms with Crippen molar-refractivity contribution in [3.05, 3.63) is 59.1 Å². The van der Waals surface area contributed by atoms with Crippen molar-refractivity contribution in [2.24, 2.45) is 0 Å². The van der Waals surface area contributed by atoms with Crippen molar-refractivity contribution in [1.82, 2.24) is 0 Å². The molecule has 1 aromatic heterocycles. The largest absolute Gasteiger partial charge is 0.619 e. The average Bonchev–Trinajstić information content (AvgIpc) is 2.59. The summed E-state index contributed by atoms with van der Waals surface area (Å²) < 4.78 is 15.7. The van der Waals surface area contributed by atoms with Crippen molar-refractivity contribution in [3.8, 4) is 11.5 Å². The van der Waals surface area contributed by atoms with Crippen molar-refractivity contribution in [1.29, 1.82) is 0 Å². The Kier molecular flexibility index (Phi) is 5.14. The minimum absolute atomic E-state index is 0.183. The van der Waals surface area contributed by atoms with Crippen molar-refractivity contribution in [2.45, 2.75) is 0 Å². The number of ketones is 1. The number of nitrogens with zero attached hydrogens (tertiary/aromatic N) is 1. The van der Waals surface area contributed by atoms with E-state index in [1.165, 1.54) is 44.8 Å². The van der Waals surface area contributed by atoms with Gasteiger partial charge < -0.3 is 19.4 Å². The number of Topliss-reactive ketones (excluding diaryl/α,β-unsaturated/α-hetero) is 1. The molecule has 0 saturated carbocycles. The van der Waals surface area contributed by atoms with Gasteiger partial charge in [0.25, 0.3) is 0 Å². The number of aromatic nitrogens is 1. The van der Waals surface area contributed by atoms with Gasteiger partial charge in [0.05, 0.1) is 25.3 Å². The molecule has 0 saturated heterocycles. The number of methoxy groups -OCH3 is 2. The number of hydrogen-bond acceptors (Lipinski definition) is 6. The average molecular weight is 317 g/mol. The normalized spacial score (nSPS) is 10.0. The first-order valence-electron chi connectivity index (χ1n) is 6.66. The molecule has 0 aliphatic heterocycles. The summed E-state index contributed by atoms with van der Waals surface area (Å²) in [7, 11) is 2.92. The maximum atomic E-state index is 12.2. The molecule has 120 valence electrons. The Balaban J connectivity index is 2.07. The van der Waals surface area contributed by atoms with Gasteiger partial charge in [-0.15, -0.1) is 0 Å². The topological polar surface area (TPSA) is 88.8 Å². The molecule has 0 aliphatic carbocycles. The molecule has 1 heterocycles. The van der Waals surface area contributed by atoms with E-state index >= 15 is 0 Å². The number of carbonyl (C=O) groups is 2. The Morgan fingerprint density at radius 2 is 1.78 bits per heavy atom. The Hall–Kier alpha value is -3.09. The lowest BCUT2D eigenvalue weighted by molar-refractivity contribution is -0.605. The zero-order chi connectivity index (χ0) is 16.8. The molecule has 0 radical (unpaired) electrons. The summed E-state index contributed by atoms with van der Waals surface area (Å²) in [4.78, 5) is 24.0. The SMILES string of the molecule is COc1ccc(OC)c(C(=O)COC(=O)c2cc[n+]([O-])cc2)c1. The number of benzene rings is 1. The minimum atomic E-state index is -0.694. The maximum absolute atomic E-state index is 12.2. The fourth-order valence-corrected chi connectivity index (χ4v) is 1.87. The van der Waals surface area contributed by atoms with E-state index in [0.717, 1.165) is 0 Å². The molecule has 2 aromatic rings. The third-order valence-electron chi connectivity index (χ3n) is 3.08. The number of esters is 1. The third kappa shape index (κ3) is 3.97. The van der Waals surface area contributed by atoms with Crippen LogP contribution in [0.4, 0.5) is 0 Å². The maximum Gasteiger partial charge on any atom is 0.339 e. The molecule has 0 bridgehead atoms. The van der Waals surface area contributed by atoms with Gasteiger partial charge in [-0.1, -0.05) is 0 Å². The first-order chi connectivity index (χ1) is 11.0. The van der Waals surface area contributed by atoms with Crippen molar-refractivity contribution < 1.29 is 28.5 Å². The quantitative estimate of drug-likeness (QED) is 0.346. The van der Waals surface area contributed by atoms with E-state index in [2.05, 4.69) is 0 Å². The highest BCUT2D eigenvalue weighted by Gasteiger charge is 2.17. The smallest absolute Gasteiger partial charge is 0.339 e. The van der Waals surface area contributed by atoms with Gasteiger partial charge in [-0.3, -0.25) is 4.79 Å². The fraction of sp³-hybridized carbons (Fsp3) is 0.188. The number of ether oxygens (including phenoxy) is 3. The molecule has 0 fully saturated rings. The lowest BCUT2D eigenvalue weighted by Crippen LogP contribution is -2.24. The fourth-order valence-electron chi connectivity index (χ4n) is 1.87. The second kappa shape index (κ2) is 7.26. The molecule has 0 spiro atoms. The highest BCUT2D eigenvalue weighted by atomic mass is 16.5. The first-order valence-corrected chi connectivity index (χ1v) is 6.66. The molecule has 7 heteroatoms. The van der Waals surface area contributed by atoms with Crippen molar-refractivity contribution in [2.75, 3.05) is 20.8 Å². The monoisotopic (exact) mass is 317 g/mol. The van der Waals surface area contributed by atoms with Crippen molar-refractivity contribution >= 4 is 11.8 Å². The van der Waals surface area contributed by atoms with Crippen LogP contribution in [0, 0.1) is 5.21 Å². The summed E-state index contributed by atoms with van der Waals surface area (Å²) in [6.45, 7) is -0.450. The van der Waals surface area contributed by atoms with Crippen LogP contribution in [-0.2, 0) is 4.74 Å². The van der Waals surface area contributed by atoms with E-state index in [4.69, 9.17) is 14.2 Å². The zero-order valence-corrected chi connectivity index (χ0v) is 12.6. The summed E-state index contributed by atoms with van der Waals surface area (Å²) in [5, 5.41) is 10.9. The van der Waals surface area contributed by atoms with Crippen LogP contribution >= 0.6 is 0 Å². The van der Waals surface area contributed by atoms with E-state index in [-0.39, 0.29) is 11.1 Å². The Morgan fingerprint density at radius 3 is 2.39 bits per heavy atom. The van der Waals surface area contributed by atoms with E-state index in [1.54, 1.807) is 12.1 Å². The molecule has 0 N–H and O–H groups in total. The molecule has 0 amide bonds. The summed E-state index contributed by atoms with van der Waals surface area (Å²) in [5.74, 6) is -0.271. The lowest BCUT2D eigenvalue weighted by atomic mass is 10.1. The minimum Gasteiger partial charge on any atom is -0.619 e. The van der Waals surface area contributed by atoms with Crippen LogP contribution in [-0.4, -0.2) is 32.6 Å². The Labute approximate surface area is 132 Å². The lowest BCUT2D eigenvalue weighted by Gasteiger charge is -2.10. The van der Waals surface area contributed by atoms with E-state index in [0.29, 0.717) is 16.2 Å². The Bertz CT molecular complexity index is 711. The highest BCUT2D eigenvalue weighted by molar-refractivity contribution is 6.01. The third-order valence-corrected chi connectivity index (χ3v) is 3.08. The number of pyridine rings is 1. The van der Waals surface area contributed by atoms with Gasteiger partial charge in [0.15, 0.2) is 19.0 Å². The molecule has 1 aromatic carbocycles. The molecular formula is C16H15NO6. The van der Waals surface area contributed by atoms with Crippen molar-refractivity contribution in [3.63, 3.8) is 0 Å². The van der Waals surface area contributed by atoms with Gasteiger partial charge >= 0.3 is 5.97 Å².